The summed E-state index contributed by atoms with van der Waals surface area (Å²) in [5, 5.41) is 12.1. The minimum Gasteiger partial charge on any atom is -0.394 e. The molecule has 1 atom stereocenters. The lowest BCUT2D eigenvalue weighted by molar-refractivity contribution is 0.110. The fourth-order valence-corrected chi connectivity index (χ4v) is 2.58. The average molecular weight is 348 g/mol. The Morgan fingerprint density at radius 2 is 1.80 bits per heavy atom. The van der Waals surface area contributed by atoms with Crippen LogP contribution < -0.4 is 5.32 Å². The molecular formula is C19H22F2N2O2. The minimum absolute atomic E-state index is 0.0168. The van der Waals surface area contributed by atoms with E-state index in [-0.39, 0.29) is 24.8 Å². The molecule has 134 valence electrons. The molecule has 4 nitrogen and oxygen atoms in total. The molecule has 0 aliphatic carbocycles. The number of rotatable bonds is 6. The predicted octanol–water partition coefficient (Wildman–Crippen LogP) is 4.02. The number of carbonyl (C=O) groups is 1. The highest BCUT2D eigenvalue weighted by Crippen LogP contribution is 2.20. The highest BCUT2D eigenvalue weighted by Gasteiger charge is 2.27. The number of urea groups is 1. The lowest BCUT2D eigenvalue weighted by atomic mass is 10.0. The van der Waals surface area contributed by atoms with Crippen molar-refractivity contribution in [2.45, 2.75) is 26.4 Å². The van der Waals surface area contributed by atoms with Gasteiger partial charge in [0.25, 0.3) is 0 Å². The number of halogens is 2. The van der Waals surface area contributed by atoms with Crippen molar-refractivity contribution in [3.63, 3.8) is 0 Å². The smallest absolute Gasteiger partial charge is 0.322 e. The number of hydrogen-bond acceptors (Lipinski definition) is 2. The number of carbonyl (C=O) groups excluding carboxylic acids is 1. The van der Waals surface area contributed by atoms with Crippen LogP contribution in [-0.2, 0) is 6.54 Å². The average Bonchev–Trinajstić information content (AvgIpc) is 2.59. The zero-order valence-electron chi connectivity index (χ0n) is 14.2. The molecule has 0 aliphatic rings. The first kappa shape index (κ1) is 18.9. The van der Waals surface area contributed by atoms with E-state index in [4.69, 9.17) is 0 Å². The van der Waals surface area contributed by atoms with Gasteiger partial charge in [-0.3, -0.25) is 0 Å². The summed E-state index contributed by atoms with van der Waals surface area (Å²) in [6.45, 7) is 3.78. The van der Waals surface area contributed by atoms with Gasteiger partial charge in [0.1, 0.15) is 0 Å². The molecule has 2 aromatic carbocycles. The van der Waals surface area contributed by atoms with E-state index in [1.807, 2.05) is 44.2 Å². The Bertz CT molecular complexity index is 708. The lowest BCUT2D eigenvalue weighted by Gasteiger charge is -2.33. The maximum Gasteiger partial charge on any atom is 0.322 e. The Morgan fingerprint density at radius 1 is 1.12 bits per heavy atom. The molecule has 25 heavy (non-hydrogen) atoms. The maximum absolute atomic E-state index is 13.8. The molecule has 6 heteroatoms. The van der Waals surface area contributed by atoms with Gasteiger partial charge >= 0.3 is 6.03 Å². The van der Waals surface area contributed by atoms with Crippen molar-refractivity contribution in [2.75, 3.05) is 11.9 Å². The van der Waals surface area contributed by atoms with Gasteiger partial charge < -0.3 is 15.3 Å². The van der Waals surface area contributed by atoms with Gasteiger partial charge in [-0.2, -0.15) is 0 Å². The summed E-state index contributed by atoms with van der Waals surface area (Å²) in [6, 6.07) is 11.8. The molecule has 0 saturated carbocycles. The van der Waals surface area contributed by atoms with E-state index in [1.54, 1.807) is 0 Å². The third kappa shape index (κ3) is 4.76. The van der Waals surface area contributed by atoms with Gasteiger partial charge in [0, 0.05) is 6.54 Å². The van der Waals surface area contributed by atoms with E-state index in [9.17, 15) is 18.7 Å². The number of anilines is 1. The topological polar surface area (TPSA) is 52.6 Å². The van der Waals surface area contributed by atoms with Crippen molar-refractivity contribution in [3.8, 4) is 0 Å². The van der Waals surface area contributed by atoms with Crippen LogP contribution in [0.5, 0.6) is 0 Å². The molecule has 2 rings (SSSR count). The van der Waals surface area contributed by atoms with E-state index >= 15 is 0 Å². The molecule has 0 radical (unpaired) electrons. The first-order valence-electron chi connectivity index (χ1n) is 8.10. The summed E-state index contributed by atoms with van der Waals surface area (Å²) in [7, 11) is 0. The van der Waals surface area contributed by atoms with E-state index < -0.39 is 23.7 Å². The standard InChI is InChI=1S/C19H22F2N2O2/c1-13(2)17(12-24)23(11-14-7-4-3-5-8-14)19(25)22-16-10-6-9-15(20)18(16)21/h3-10,13,17,24H,11-12H2,1-2H3,(H,22,25). The third-order valence-corrected chi connectivity index (χ3v) is 4.01. The number of hydrogen-bond donors (Lipinski definition) is 2. The van der Waals surface area contributed by atoms with Crippen molar-refractivity contribution >= 4 is 11.7 Å². The van der Waals surface area contributed by atoms with Crippen LogP contribution in [0.25, 0.3) is 0 Å². The van der Waals surface area contributed by atoms with Crippen LogP contribution >= 0.6 is 0 Å². The monoisotopic (exact) mass is 348 g/mol. The highest BCUT2D eigenvalue weighted by molar-refractivity contribution is 5.89. The third-order valence-electron chi connectivity index (χ3n) is 4.01. The van der Waals surface area contributed by atoms with Gasteiger partial charge in [-0.1, -0.05) is 50.2 Å². The molecule has 0 heterocycles. The second-order valence-corrected chi connectivity index (χ2v) is 6.14. The van der Waals surface area contributed by atoms with Gasteiger partial charge in [-0.05, 0) is 23.6 Å². The molecule has 0 aromatic heterocycles. The molecule has 2 aromatic rings. The summed E-state index contributed by atoms with van der Waals surface area (Å²) in [5.74, 6) is -2.16. The molecular weight excluding hydrogens is 326 g/mol. The normalized spacial score (nSPS) is 12.1. The molecule has 0 spiro atoms. The first-order valence-corrected chi connectivity index (χ1v) is 8.10. The van der Waals surface area contributed by atoms with E-state index in [1.165, 1.54) is 17.0 Å². The van der Waals surface area contributed by atoms with Crippen LogP contribution in [0, 0.1) is 17.6 Å². The fourth-order valence-electron chi connectivity index (χ4n) is 2.58. The molecule has 2 amide bonds. The quantitative estimate of drug-likeness (QED) is 0.828. The zero-order valence-corrected chi connectivity index (χ0v) is 14.2. The number of aliphatic hydroxyl groups is 1. The second-order valence-electron chi connectivity index (χ2n) is 6.14. The summed E-state index contributed by atoms with van der Waals surface area (Å²) in [4.78, 5) is 14.1. The second kappa shape index (κ2) is 8.58. The van der Waals surface area contributed by atoms with E-state index in [0.717, 1.165) is 11.6 Å². The highest BCUT2D eigenvalue weighted by atomic mass is 19.2. The van der Waals surface area contributed by atoms with Crippen molar-refractivity contribution in [1.82, 2.24) is 4.90 Å². The molecule has 0 aliphatic heterocycles. The van der Waals surface area contributed by atoms with Crippen LogP contribution in [0.1, 0.15) is 19.4 Å². The lowest BCUT2D eigenvalue weighted by Crippen LogP contribution is -2.47. The van der Waals surface area contributed by atoms with Gasteiger partial charge in [0.15, 0.2) is 11.6 Å². The largest absolute Gasteiger partial charge is 0.394 e. The fraction of sp³-hybridized carbons (Fsp3) is 0.316. The summed E-state index contributed by atoms with van der Waals surface area (Å²) < 4.78 is 27.2. The number of aliphatic hydroxyl groups excluding tert-OH is 1. The molecule has 0 saturated heterocycles. The Labute approximate surface area is 146 Å². The van der Waals surface area contributed by atoms with Gasteiger partial charge in [-0.15, -0.1) is 0 Å². The first-order chi connectivity index (χ1) is 11.9. The van der Waals surface area contributed by atoms with Crippen LogP contribution in [0.3, 0.4) is 0 Å². The summed E-state index contributed by atoms with van der Waals surface area (Å²) >= 11 is 0. The number of benzene rings is 2. The Morgan fingerprint density at radius 3 is 2.40 bits per heavy atom. The Kier molecular flexibility index (Phi) is 6.47. The predicted molar refractivity (Wildman–Crippen MR) is 93.1 cm³/mol. The van der Waals surface area contributed by atoms with Crippen molar-refractivity contribution in [2.24, 2.45) is 5.92 Å². The minimum atomic E-state index is -1.11. The van der Waals surface area contributed by atoms with Gasteiger partial charge in [0.05, 0.1) is 18.3 Å². The van der Waals surface area contributed by atoms with Crippen LogP contribution in [-0.4, -0.2) is 28.7 Å². The van der Waals surface area contributed by atoms with E-state index in [2.05, 4.69) is 5.32 Å². The van der Waals surface area contributed by atoms with Crippen LogP contribution in [0.2, 0.25) is 0 Å². The number of nitrogens with one attached hydrogen (secondary N) is 1. The van der Waals surface area contributed by atoms with Gasteiger partial charge in [-0.25, -0.2) is 13.6 Å². The van der Waals surface area contributed by atoms with Crippen molar-refractivity contribution < 1.29 is 18.7 Å². The molecule has 0 fully saturated rings. The van der Waals surface area contributed by atoms with E-state index in [0.29, 0.717) is 0 Å². The maximum atomic E-state index is 13.8. The molecule has 0 bridgehead atoms. The number of amides is 2. The van der Waals surface area contributed by atoms with Gasteiger partial charge in [0.2, 0.25) is 0 Å². The summed E-state index contributed by atoms with van der Waals surface area (Å²) in [5.41, 5.74) is 0.639. The Balaban J connectivity index is 2.27. The Hall–Kier alpha value is -2.47. The zero-order chi connectivity index (χ0) is 18.4. The molecule has 2 N–H and O–H groups in total. The SMILES string of the molecule is CC(C)C(CO)N(Cc1ccccc1)C(=O)Nc1cccc(F)c1F. The summed E-state index contributed by atoms with van der Waals surface area (Å²) in [6.07, 6.45) is 0. The van der Waals surface area contributed by atoms with Crippen LogP contribution in [0.15, 0.2) is 48.5 Å². The van der Waals surface area contributed by atoms with Crippen molar-refractivity contribution in [3.05, 3.63) is 65.7 Å². The van der Waals surface area contributed by atoms with Crippen LogP contribution in [0.4, 0.5) is 19.3 Å². The van der Waals surface area contributed by atoms with Crippen molar-refractivity contribution in [1.29, 1.82) is 0 Å². The molecule has 1 unspecified atom stereocenters. The number of nitrogens with zero attached hydrogens (tertiary/aromatic N) is 1.